The van der Waals surface area contributed by atoms with Crippen molar-refractivity contribution < 1.29 is 9.53 Å². The molecule has 3 heterocycles. The molecule has 6 heteroatoms. The number of aromatic nitrogens is 3. The van der Waals surface area contributed by atoms with Crippen molar-refractivity contribution in [1.82, 2.24) is 20.1 Å². The van der Waals surface area contributed by atoms with E-state index in [9.17, 15) is 4.79 Å². The molecule has 2 N–H and O–H groups in total. The van der Waals surface area contributed by atoms with E-state index in [0.29, 0.717) is 12.1 Å². The van der Waals surface area contributed by atoms with Gasteiger partial charge in [0.2, 0.25) is 0 Å². The number of ether oxygens (including phenoxy) is 1. The van der Waals surface area contributed by atoms with Gasteiger partial charge >= 0.3 is 0 Å². The van der Waals surface area contributed by atoms with Crippen molar-refractivity contribution in [3.8, 4) is 0 Å². The molecule has 0 unspecified atom stereocenters. The molecule has 1 fully saturated rings. The number of H-pyrrole nitrogens is 1. The zero-order chi connectivity index (χ0) is 16.6. The summed E-state index contributed by atoms with van der Waals surface area (Å²) in [7, 11) is 1.95. The highest BCUT2D eigenvalue weighted by molar-refractivity contribution is 5.95. The predicted octanol–water partition coefficient (Wildman–Crippen LogP) is 2.18. The maximum Gasteiger partial charge on any atom is 0.253 e. The number of carbonyl (C=O) groups is 1. The van der Waals surface area contributed by atoms with E-state index in [2.05, 4.69) is 22.3 Å². The molecule has 23 heavy (non-hydrogen) atoms. The number of nitrogens with one attached hydrogen (secondary N) is 2. The van der Waals surface area contributed by atoms with Crippen LogP contribution in [-0.2, 0) is 11.8 Å². The number of amides is 1. The Morgan fingerprint density at radius 3 is 2.83 bits per heavy atom. The van der Waals surface area contributed by atoms with Gasteiger partial charge in [-0.1, -0.05) is 0 Å². The van der Waals surface area contributed by atoms with Gasteiger partial charge in [-0.25, -0.2) is 0 Å². The second-order valence-corrected chi connectivity index (χ2v) is 6.31. The Hall–Kier alpha value is -2.08. The minimum atomic E-state index is -0.0333. The average Bonchev–Trinajstić information content (AvgIpc) is 3.18. The molecule has 2 aromatic rings. The molecule has 0 aliphatic carbocycles. The lowest BCUT2D eigenvalue weighted by molar-refractivity contribution is 0.0840. The second kappa shape index (κ2) is 6.20. The first-order valence-electron chi connectivity index (χ1n) is 8.02. The van der Waals surface area contributed by atoms with Gasteiger partial charge in [-0.05, 0) is 32.8 Å². The first kappa shape index (κ1) is 15.8. The SMILES string of the molecule is Cc1c[nH]cc1C(=O)NC[C@H]1CCO[C@@H]1c1c(C)nn(C)c1C. The molecule has 2 aromatic heterocycles. The molecule has 124 valence electrons. The largest absolute Gasteiger partial charge is 0.373 e. The molecule has 1 aliphatic heterocycles. The fraction of sp³-hybridized carbons (Fsp3) is 0.529. The predicted molar refractivity (Wildman–Crippen MR) is 87.3 cm³/mol. The van der Waals surface area contributed by atoms with E-state index in [0.717, 1.165) is 30.0 Å². The fourth-order valence-corrected chi connectivity index (χ4v) is 3.37. The molecule has 1 saturated heterocycles. The number of aromatic amines is 1. The standard InChI is InChI=1S/C17H24N4O2/c1-10-7-18-9-14(10)17(22)19-8-13-5-6-23-16(13)15-11(2)20-21(4)12(15)3/h7,9,13,16,18H,5-6,8H2,1-4H3,(H,19,22)/t13-,16+/m1/s1. The third-order valence-corrected chi connectivity index (χ3v) is 4.79. The first-order chi connectivity index (χ1) is 11.0. The normalized spacial score (nSPS) is 20.9. The van der Waals surface area contributed by atoms with Gasteiger partial charge in [-0.2, -0.15) is 5.10 Å². The van der Waals surface area contributed by atoms with Crippen LogP contribution in [0.1, 0.15) is 45.4 Å². The van der Waals surface area contributed by atoms with Crippen LogP contribution < -0.4 is 5.32 Å². The van der Waals surface area contributed by atoms with E-state index in [1.807, 2.05) is 31.8 Å². The molecule has 0 saturated carbocycles. The quantitative estimate of drug-likeness (QED) is 0.908. The Balaban J connectivity index is 1.70. The van der Waals surface area contributed by atoms with Crippen molar-refractivity contribution in [3.05, 3.63) is 40.5 Å². The molecule has 0 spiro atoms. The van der Waals surface area contributed by atoms with Crippen LogP contribution in [0.25, 0.3) is 0 Å². The van der Waals surface area contributed by atoms with Gasteiger partial charge in [-0.3, -0.25) is 9.48 Å². The van der Waals surface area contributed by atoms with Crippen LogP contribution in [0.2, 0.25) is 0 Å². The molecule has 3 rings (SSSR count). The van der Waals surface area contributed by atoms with Crippen LogP contribution in [0.3, 0.4) is 0 Å². The lowest BCUT2D eigenvalue weighted by Crippen LogP contribution is -2.31. The molecule has 1 aliphatic rings. The van der Waals surface area contributed by atoms with Crippen LogP contribution in [0.15, 0.2) is 12.4 Å². The minimum absolute atomic E-state index is 0.0105. The van der Waals surface area contributed by atoms with E-state index >= 15 is 0 Å². The number of carbonyl (C=O) groups excluding carboxylic acids is 1. The summed E-state index contributed by atoms with van der Waals surface area (Å²) in [5.74, 6) is 0.244. The summed E-state index contributed by atoms with van der Waals surface area (Å²) in [5, 5.41) is 7.53. The molecule has 0 aromatic carbocycles. The van der Waals surface area contributed by atoms with Gasteiger partial charge in [0.25, 0.3) is 5.91 Å². The van der Waals surface area contributed by atoms with Crippen molar-refractivity contribution in [2.24, 2.45) is 13.0 Å². The smallest absolute Gasteiger partial charge is 0.253 e. The summed E-state index contributed by atoms with van der Waals surface area (Å²) >= 11 is 0. The molecule has 2 atom stereocenters. The highest BCUT2D eigenvalue weighted by Gasteiger charge is 2.33. The van der Waals surface area contributed by atoms with E-state index in [1.165, 1.54) is 5.56 Å². The number of hydrogen-bond acceptors (Lipinski definition) is 3. The fourth-order valence-electron chi connectivity index (χ4n) is 3.37. The summed E-state index contributed by atoms with van der Waals surface area (Å²) in [6.07, 6.45) is 4.53. The highest BCUT2D eigenvalue weighted by atomic mass is 16.5. The van der Waals surface area contributed by atoms with E-state index in [1.54, 1.807) is 6.20 Å². The lowest BCUT2D eigenvalue weighted by atomic mass is 9.94. The van der Waals surface area contributed by atoms with Gasteiger partial charge in [0, 0.05) is 49.8 Å². The average molecular weight is 316 g/mol. The zero-order valence-electron chi connectivity index (χ0n) is 14.1. The van der Waals surface area contributed by atoms with Crippen molar-refractivity contribution in [1.29, 1.82) is 0 Å². The molecule has 1 amide bonds. The maximum atomic E-state index is 12.3. The maximum absolute atomic E-state index is 12.3. The number of nitrogens with zero attached hydrogens (tertiary/aromatic N) is 2. The topological polar surface area (TPSA) is 71.9 Å². The number of aryl methyl sites for hydroxylation is 3. The van der Waals surface area contributed by atoms with Crippen LogP contribution in [-0.4, -0.2) is 33.8 Å². The number of hydrogen-bond donors (Lipinski definition) is 2. The Morgan fingerprint density at radius 2 is 2.22 bits per heavy atom. The third kappa shape index (κ3) is 2.91. The molecular formula is C17H24N4O2. The zero-order valence-corrected chi connectivity index (χ0v) is 14.1. The molecule has 0 radical (unpaired) electrons. The van der Waals surface area contributed by atoms with E-state index in [4.69, 9.17) is 4.74 Å². The highest BCUT2D eigenvalue weighted by Crippen LogP contribution is 2.37. The lowest BCUT2D eigenvalue weighted by Gasteiger charge is -2.19. The van der Waals surface area contributed by atoms with Crippen LogP contribution >= 0.6 is 0 Å². The van der Waals surface area contributed by atoms with Gasteiger partial charge < -0.3 is 15.0 Å². The Morgan fingerprint density at radius 1 is 1.43 bits per heavy atom. The van der Waals surface area contributed by atoms with Crippen LogP contribution in [0, 0.1) is 26.7 Å². The Labute approximate surface area is 136 Å². The summed E-state index contributed by atoms with van der Waals surface area (Å²) in [6, 6.07) is 0. The molecule has 0 bridgehead atoms. The second-order valence-electron chi connectivity index (χ2n) is 6.31. The van der Waals surface area contributed by atoms with Gasteiger partial charge in [0.1, 0.15) is 0 Å². The van der Waals surface area contributed by atoms with Crippen LogP contribution in [0.4, 0.5) is 0 Å². The number of rotatable bonds is 4. The van der Waals surface area contributed by atoms with Crippen molar-refractivity contribution >= 4 is 5.91 Å². The van der Waals surface area contributed by atoms with E-state index in [-0.39, 0.29) is 17.9 Å². The summed E-state index contributed by atoms with van der Waals surface area (Å²) in [6.45, 7) is 7.35. The van der Waals surface area contributed by atoms with Gasteiger partial charge in [-0.15, -0.1) is 0 Å². The molecular weight excluding hydrogens is 292 g/mol. The Kier molecular flexibility index (Phi) is 4.26. The molecule has 6 nitrogen and oxygen atoms in total. The Bertz CT molecular complexity index is 716. The third-order valence-electron chi connectivity index (χ3n) is 4.79. The van der Waals surface area contributed by atoms with Gasteiger partial charge in [0.15, 0.2) is 0 Å². The summed E-state index contributed by atoms with van der Waals surface area (Å²) in [5.41, 5.74) is 4.97. The monoisotopic (exact) mass is 316 g/mol. The minimum Gasteiger partial charge on any atom is -0.373 e. The van der Waals surface area contributed by atoms with Crippen molar-refractivity contribution in [3.63, 3.8) is 0 Å². The van der Waals surface area contributed by atoms with Crippen molar-refractivity contribution in [2.45, 2.75) is 33.3 Å². The first-order valence-corrected chi connectivity index (χ1v) is 8.02. The summed E-state index contributed by atoms with van der Waals surface area (Å²) in [4.78, 5) is 15.2. The van der Waals surface area contributed by atoms with Crippen LogP contribution in [0.5, 0.6) is 0 Å². The summed E-state index contributed by atoms with van der Waals surface area (Å²) < 4.78 is 7.86. The van der Waals surface area contributed by atoms with Gasteiger partial charge in [0.05, 0.1) is 17.4 Å². The van der Waals surface area contributed by atoms with E-state index < -0.39 is 0 Å². The van der Waals surface area contributed by atoms with Crippen molar-refractivity contribution in [2.75, 3.05) is 13.2 Å².